The molecular weight excluding hydrogens is 439 g/mol. The molecule has 1 saturated carbocycles. The number of piperazine rings is 1. The lowest BCUT2D eigenvalue weighted by atomic mass is 9.86. The van der Waals surface area contributed by atoms with Crippen LogP contribution in [-0.2, 0) is 20.4 Å². The van der Waals surface area contributed by atoms with Gasteiger partial charge >= 0.3 is 6.18 Å². The van der Waals surface area contributed by atoms with Crippen LogP contribution >= 0.6 is 0 Å². The summed E-state index contributed by atoms with van der Waals surface area (Å²) in [6.07, 6.45) is 0.0190. The number of halogens is 3. The second-order valence-corrected chi connectivity index (χ2v) is 9.43. The normalized spacial score (nSPS) is 31.1. The predicted octanol–water partition coefficient (Wildman–Crippen LogP) is 2.10. The van der Waals surface area contributed by atoms with Gasteiger partial charge in [0, 0.05) is 63.6 Å². The Morgan fingerprint density at radius 2 is 2.03 bits per heavy atom. The molecule has 3 heterocycles. The fraction of sp³-hybridized carbons (Fsp3) is 0.773. The van der Waals surface area contributed by atoms with E-state index >= 15 is 0 Å². The Morgan fingerprint density at radius 3 is 2.73 bits per heavy atom. The van der Waals surface area contributed by atoms with Gasteiger partial charge in [0.15, 0.2) is 0 Å². The van der Waals surface area contributed by atoms with Gasteiger partial charge in [0.25, 0.3) is 0 Å². The van der Waals surface area contributed by atoms with Gasteiger partial charge in [-0.25, -0.2) is 9.97 Å². The van der Waals surface area contributed by atoms with Crippen molar-refractivity contribution in [3.8, 4) is 0 Å². The SMILES string of the molecule is COC1COCCC1N[C@@H]1CC[C@](C)(C(=O)N2CCN(c3nccc(C(F)(F)F)n3)CC2)C1. The molecule has 33 heavy (non-hydrogen) atoms. The molecule has 1 aromatic heterocycles. The van der Waals surface area contributed by atoms with Crippen LogP contribution in [0.3, 0.4) is 0 Å². The highest BCUT2D eigenvalue weighted by Crippen LogP contribution is 2.40. The number of nitrogens with zero attached hydrogens (tertiary/aromatic N) is 4. The smallest absolute Gasteiger partial charge is 0.379 e. The Morgan fingerprint density at radius 1 is 1.27 bits per heavy atom. The second kappa shape index (κ2) is 9.71. The molecule has 4 atom stereocenters. The van der Waals surface area contributed by atoms with Crippen molar-refractivity contribution in [2.24, 2.45) is 5.41 Å². The first-order chi connectivity index (χ1) is 15.7. The lowest BCUT2D eigenvalue weighted by molar-refractivity contribution is -0.141. The summed E-state index contributed by atoms with van der Waals surface area (Å²) in [5.41, 5.74) is -1.40. The number of anilines is 1. The van der Waals surface area contributed by atoms with Crippen LogP contribution in [0.4, 0.5) is 19.1 Å². The van der Waals surface area contributed by atoms with E-state index in [-0.39, 0.29) is 30.0 Å². The number of rotatable bonds is 5. The molecule has 2 unspecified atom stereocenters. The van der Waals surface area contributed by atoms with Crippen LogP contribution < -0.4 is 10.2 Å². The molecular formula is C22H32F3N5O3. The van der Waals surface area contributed by atoms with Crippen LogP contribution in [0.2, 0.25) is 0 Å². The summed E-state index contributed by atoms with van der Waals surface area (Å²) >= 11 is 0. The van der Waals surface area contributed by atoms with Gasteiger partial charge in [-0.05, 0) is 31.7 Å². The Bertz CT molecular complexity index is 834. The highest BCUT2D eigenvalue weighted by Gasteiger charge is 2.45. The number of hydrogen-bond acceptors (Lipinski definition) is 7. The van der Waals surface area contributed by atoms with E-state index in [1.54, 1.807) is 12.0 Å². The Kier molecular flexibility index (Phi) is 7.11. The zero-order chi connectivity index (χ0) is 23.6. The highest BCUT2D eigenvalue weighted by atomic mass is 19.4. The fourth-order valence-corrected chi connectivity index (χ4v) is 5.16. The van der Waals surface area contributed by atoms with E-state index in [9.17, 15) is 18.0 Å². The molecule has 1 aliphatic carbocycles. The van der Waals surface area contributed by atoms with Crippen molar-refractivity contribution in [1.82, 2.24) is 20.2 Å². The molecule has 0 spiro atoms. The Balaban J connectivity index is 1.31. The van der Waals surface area contributed by atoms with Gasteiger partial charge in [-0.3, -0.25) is 4.79 Å². The summed E-state index contributed by atoms with van der Waals surface area (Å²) < 4.78 is 49.9. The maximum Gasteiger partial charge on any atom is 0.433 e. The van der Waals surface area contributed by atoms with Crippen LogP contribution in [0.25, 0.3) is 0 Å². The van der Waals surface area contributed by atoms with Gasteiger partial charge in [0.1, 0.15) is 5.69 Å². The fourth-order valence-electron chi connectivity index (χ4n) is 5.16. The number of ether oxygens (including phenoxy) is 2. The quantitative estimate of drug-likeness (QED) is 0.705. The minimum Gasteiger partial charge on any atom is -0.379 e. The number of nitrogens with one attached hydrogen (secondary N) is 1. The zero-order valence-electron chi connectivity index (χ0n) is 19.1. The van der Waals surface area contributed by atoms with Gasteiger partial charge in [-0.1, -0.05) is 6.92 Å². The summed E-state index contributed by atoms with van der Waals surface area (Å²) in [5, 5.41) is 3.69. The molecule has 0 bridgehead atoms. The molecule has 1 amide bonds. The zero-order valence-corrected chi connectivity index (χ0v) is 19.1. The molecule has 0 radical (unpaired) electrons. The molecule has 1 N–H and O–H groups in total. The molecule has 3 fully saturated rings. The number of methoxy groups -OCH3 is 1. The van der Waals surface area contributed by atoms with Crippen LogP contribution in [0, 0.1) is 5.41 Å². The van der Waals surface area contributed by atoms with Crippen molar-refractivity contribution >= 4 is 11.9 Å². The van der Waals surface area contributed by atoms with E-state index in [0.29, 0.717) is 39.4 Å². The number of aromatic nitrogens is 2. The third-order valence-electron chi connectivity index (χ3n) is 7.10. The Hall–Kier alpha value is -1.98. The molecule has 1 aromatic rings. The van der Waals surface area contributed by atoms with E-state index in [0.717, 1.165) is 37.9 Å². The van der Waals surface area contributed by atoms with Crippen molar-refractivity contribution in [2.45, 2.75) is 57.0 Å². The van der Waals surface area contributed by atoms with Crippen molar-refractivity contribution in [2.75, 3.05) is 51.4 Å². The van der Waals surface area contributed by atoms with Crippen molar-refractivity contribution in [1.29, 1.82) is 0 Å². The van der Waals surface area contributed by atoms with E-state index in [1.807, 2.05) is 11.8 Å². The molecule has 184 valence electrons. The van der Waals surface area contributed by atoms with E-state index in [2.05, 4.69) is 15.3 Å². The summed E-state index contributed by atoms with van der Waals surface area (Å²) in [6.45, 7) is 5.01. The second-order valence-electron chi connectivity index (χ2n) is 9.43. The largest absolute Gasteiger partial charge is 0.433 e. The number of amides is 1. The van der Waals surface area contributed by atoms with Gasteiger partial charge in [-0.2, -0.15) is 13.2 Å². The van der Waals surface area contributed by atoms with E-state index in [1.165, 1.54) is 0 Å². The highest BCUT2D eigenvalue weighted by molar-refractivity contribution is 5.83. The van der Waals surface area contributed by atoms with E-state index < -0.39 is 17.3 Å². The van der Waals surface area contributed by atoms with Gasteiger partial charge in [0.05, 0.1) is 12.7 Å². The number of alkyl halides is 3. The van der Waals surface area contributed by atoms with E-state index in [4.69, 9.17) is 9.47 Å². The van der Waals surface area contributed by atoms with Crippen molar-refractivity contribution in [3.05, 3.63) is 18.0 Å². The number of carbonyl (C=O) groups is 1. The number of carbonyl (C=O) groups excluding carboxylic acids is 1. The van der Waals surface area contributed by atoms with Gasteiger partial charge in [-0.15, -0.1) is 0 Å². The van der Waals surface area contributed by atoms with Gasteiger partial charge < -0.3 is 24.6 Å². The molecule has 11 heteroatoms. The molecule has 4 rings (SSSR count). The first-order valence-corrected chi connectivity index (χ1v) is 11.5. The molecule has 3 aliphatic rings. The van der Waals surface area contributed by atoms with Crippen molar-refractivity contribution < 1.29 is 27.4 Å². The predicted molar refractivity (Wildman–Crippen MR) is 115 cm³/mol. The summed E-state index contributed by atoms with van der Waals surface area (Å²) in [4.78, 5) is 24.6. The van der Waals surface area contributed by atoms with Crippen LogP contribution in [0.5, 0.6) is 0 Å². The first kappa shape index (κ1) is 24.2. The van der Waals surface area contributed by atoms with Crippen LogP contribution in [-0.4, -0.2) is 85.5 Å². The molecule has 2 saturated heterocycles. The molecule has 0 aromatic carbocycles. The molecule has 8 nitrogen and oxygen atoms in total. The lowest BCUT2D eigenvalue weighted by Gasteiger charge is -2.39. The summed E-state index contributed by atoms with van der Waals surface area (Å²) in [7, 11) is 1.69. The average Bonchev–Trinajstić information content (AvgIpc) is 3.20. The maximum atomic E-state index is 13.4. The van der Waals surface area contributed by atoms with Crippen molar-refractivity contribution in [3.63, 3.8) is 0 Å². The average molecular weight is 472 g/mol. The third-order valence-corrected chi connectivity index (χ3v) is 7.10. The standard InChI is InChI=1S/C22H32F3N5O3/c1-21(6-3-15(13-21)27-16-5-12-33-14-17(16)32-2)19(31)29-8-10-30(11-9-29)20-26-7-4-18(28-20)22(23,24)25/h4,7,15-17,27H,3,5-6,8-14H2,1-2H3/t15-,16?,17?,21+/m1/s1. The first-order valence-electron chi connectivity index (χ1n) is 11.5. The van der Waals surface area contributed by atoms with Crippen LogP contribution in [0.1, 0.15) is 38.3 Å². The number of hydrogen-bond donors (Lipinski definition) is 1. The van der Waals surface area contributed by atoms with Crippen LogP contribution in [0.15, 0.2) is 12.3 Å². The third kappa shape index (κ3) is 5.41. The minimum absolute atomic E-state index is 0.0208. The lowest BCUT2D eigenvalue weighted by Crippen LogP contribution is -2.53. The van der Waals surface area contributed by atoms with Gasteiger partial charge in [0.2, 0.25) is 11.9 Å². The maximum absolute atomic E-state index is 13.4. The summed E-state index contributed by atoms with van der Waals surface area (Å²) in [5.74, 6) is 0.170. The monoisotopic (exact) mass is 471 g/mol. The Labute approximate surface area is 191 Å². The summed E-state index contributed by atoms with van der Waals surface area (Å²) in [6, 6.07) is 1.34. The molecule has 2 aliphatic heterocycles. The minimum atomic E-state index is -4.51. The topological polar surface area (TPSA) is 79.8 Å².